The monoisotopic (exact) mass is 399 g/mol. The minimum absolute atomic E-state index is 0.0632. The summed E-state index contributed by atoms with van der Waals surface area (Å²) in [7, 11) is 0. The van der Waals surface area contributed by atoms with E-state index in [1.807, 2.05) is 0 Å². The maximum atomic E-state index is 12.0. The molecule has 0 atom stereocenters. The number of hydrogen-bond acceptors (Lipinski definition) is 6. The Kier molecular flexibility index (Phi) is 6.28. The lowest BCUT2D eigenvalue weighted by atomic mass is 9.93. The molecule has 0 bridgehead atoms. The largest absolute Gasteiger partial charge is 0.490 e. The molecule has 1 fully saturated rings. The van der Waals surface area contributed by atoms with Crippen LogP contribution in [0.3, 0.4) is 0 Å². The van der Waals surface area contributed by atoms with Gasteiger partial charge in [-0.2, -0.15) is 0 Å². The molecule has 2 aromatic rings. The summed E-state index contributed by atoms with van der Waals surface area (Å²) in [5.74, 6) is 0.159. The van der Waals surface area contributed by atoms with Crippen molar-refractivity contribution in [3.05, 3.63) is 64.2 Å². The number of amides is 2. The third kappa shape index (κ3) is 5.44. The number of nitrogens with two attached hydrogens (primary N) is 1. The standard InChI is InChI=1S/C20H21N3O6/c21-19(24)17-3-1-2-4-18(17)28-15-9-5-13(6-10-15)22-20(25)29-16-11-7-14(8-12-16)23(26)27/h1-4,7-8,11-13,15H,5-6,9-10H2,(H2,21,24)(H,22,25). The van der Waals surface area contributed by atoms with E-state index in [-0.39, 0.29) is 23.6 Å². The number of nitro groups is 1. The van der Waals surface area contributed by atoms with Crippen molar-refractivity contribution in [2.24, 2.45) is 5.73 Å². The topological polar surface area (TPSA) is 134 Å². The van der Waals surface area contributed by atoms with Gasteiger partial charge in [0.15, 0.2) is 0 Å². The van der Waals surface area contributed by atoms with Crippen LogP contribution in [0.25, 0.3) is 0 Å². The predicted molar refractivity (Wildman–Crippen MR) is 104 cm³/mol. The number of ether oxygens (including phenoxy) is 2. The van der Waals surface area contributed by atoms with Crippen molar-refractivity contribution in [2.75, 3.05) is 0 Å². The minimum atomic E-state index is -0.609. The number of benzene rings is 2. The van der Waals surface area contributed by atoms with Gasteiger partial charge in [0, 0.05) is 18.2 Å². The Morgan fingerprint density at radius 3 is 2.31 bits per heavy atom. The molecule has 1 saturated carbocycles. The van der Waals surface area contributed by atoms with Crippen LogP contribution in [0.2, 0.25) is 0 Å². The predicted octanol–water partition coefficient (Wildman–Crippen LogP) is 3.17. The molecule has 152 valence electrons. The molecule has 1 aliphatic rings. The summed E-state index contributed by atoms with van der Waals surface area (Å²) < 4.78 is 11.1. The highest BCUT2D eigenvalue weighted by Gasteiger charge is 2.25. The van der Waals surface area contributed by atoms with E-state index >= 15 is 0 Å². The van der Waals surface area contributed by atoms with E-state index in [1.54, 1.807) is 24.3 Å². The summed E-state index contributed by atoms with van der Waals surface area (Å²) in [6, 6.07) is 12.1. The summed E-state index contributed by atoms with van der Waals surface area (Å²) in [6.45, 7) is 0. The van der Waals surface area contributed by atoms with Crippen molar-refractivity contribution in [1.29, 1.82) is 0 Å². The van der Waals surface area contributed by atoms with Crippen LogP contribution < -0.4 is 20.5 Å². The molecule has 0 spiro atoms. The van der Waals surface area contributed by atoms with Gasteiger partial charge in [0.2, 0.25) is 0 Å². The molecule has 29 heavy (non-hydrogen) atoms. The number of nitro benzene ring substituents is 1. The Bertz CT molecular complexity index is 891. The quantitative estimate of drug-likeness (QED) is 0.566. The highest BCUT2D eigenvalue weighted by atomic mass is 16.6. The molecule has 2 aromatic carbocycles. The Balaban J connectivity index is 1.46. The average Bonchev–Trinajstić information content (AvgIpc) is 2.70. The number of nitrogens with zero attached hydrogens (tertiary/aromatic N) is 1. The van der Waals surface area contributed by atoms with Crippen LogP contribution in [0, 0.1) is 10.1 Å². The van der Waals surface area contributed by atoms with E-state index in [2.05, 4.69) is 5.32 Å². The normalized spacial score (nSPS) is 18.5. The number of non-ortho nitro benzene ring substituents is 1. The minimum Gasteiger partial charge on any atom is -0.490 e. The summed E-state index contributed by atoms with van der Waals surface area (Å²) >= 11 is 0. The number of carbonyl (C=O) groups excluding carboxylic acids is 2. The van der Waals surface area contributed by atoms with Gasteiger partial charge in [0.1, 0.15) is 11.5 Å². The number of para-hydroxylation sites is 1. The van der Waals surface area contributed by atoms with Gasteiger partial charge in [-0.1, -0.05) is 12.1 Å². The Hall–Kier alpha value is -3.62. The lowest BCUT2D eigenvalue weighted by molar-refractivity contribution is -0.384. The molecule has 3 N–H and O–H groups in total. The smallest absolute Gasteiger partial charge is 0.412 e. The van der Waals surface area contributed by atoms with Crippen molar-refractivity contribution >= 4 is 17.7 Å². The zero-order chi connectivity index (χ0) is 20.8. The van der Waals surface area contributed by atoms with Gasteiger partial charge in [-0.3, -0.25) is 14.9 Å². The molecule has 0 unspecified atom stereocenters. The molecule has 9 nitrogen and oxygen atoms in total. The third-order valence-corrected chi connectivity index (χ3v) is 4.70. The number of rotatable bonds is 6. The van der Waals surface area contributed by atoms with Gasteiger partial charge in [-0.15, -0.1) is 0 Å². The highest BCUT2D eigenvalue weighted by molar-refractivity contribution is 5.95. The number of primary amides is 1. The van der Waals surface area contributed by atoms with Crippen LogP contribution in [-0.2, 0) is 0 Å². The van der Waals surface area contributed by atoms with E-state index in [0.29, 0.717) is 37.0 Å². The first kappa shape index (κ1) is 20.1. The van der Waals surface area contributed by atoms with Crippen molar-refractivity contribution in [3.8, 4) is 11.5 Å². The molecular formula is C20H21N3O6. The zero-order valence-electron chi connectivity index (χ0n) is 15.6. The summed E-state index contributed by atoms with van der Waals surface area (Å²) in [5.41, 5.74) is 5.64. The number of nitrogens with one attached hydrogen (secondary N) is 1. The maximum Gasteiger partial charge on any atom is 0.412 e. The first-order chi connectivity index (χ1) is 13.9. The first-order valence-electron chi connectivity index (χ1n) is 9.20. The van der Waals surface area contributed by atoms with Crippen LogP contribution in [0.5, 0.6) is 11.5 Å². The third-order valence-electron chi connectivity index (χ3n) is 4.70. The van der Waals surface area contributed by atoms with E-state index in [1.165, 1.54) is 24.3 Å². The summed E-state index contributed by atoms with van der Waals surface area (Å²) in [4.78, 5) is 33.6. The number of hydrogen-bond donors (Lipinski definition) is 2. The molecule has 9 heteroatoms. The fourth-order valence-corrected chi connectivity index (χ4v) is 3.22. The van der Waals surface area contributed by atoms with Crippen LogP contribution in [0.4, 0.5) is 10.5 Å². The second-order valence-electron chi connectivity index (χ2n) is 6.74. The van der Waals surface area contributed by atoms with Crippen LogP contribution in [0.15, 0.2) is 48.5 Å². The van der Waals surface area contributed by atoms with E-state index < -0.39 is 16.9 Å². The molecule has 1 aliphatic carbocycles. The summed E-state index contributed by atoms with van der Waals surface area (Å²) in [5, 5.41) is 13.4. The van der Waals surface area contributed by atoms with Gasteiger partial charge in [-0.05, 0) is 49.9 Å². The fourth-order valence-electron chi connectivity index (χ4n) is 3.22. The SMILES string of the molecule is NC(=O)c1ccccc1OC1CCC(NC(=O)Oc2ccc([N+](=O)[O-])cc2)CC1. The maximum absolute atomic E-state index is 12.0. The highest BCUT2D eigenvalue weighted by Crippen LogP contribution is 2.26. The molecule has 0 radical (unpaired) electrons. The van der Waals surface area contributed by atoms with E-state index in [4.69, 9.17) is 15.2 Å². The summed E-state index contributed by atoms with van der Waals surface area (Å²) in [6.07, 6.45) is 2.12. The Labute approximate surface area is 166 Å². The lowest BCUT2D eigenvalue weighted by Gasteiger charge is -2.29. The lowest BCUT2D eigenvalue weighted by Crippen LogP contribution is -2.41. The molecule has 0 saturated heterocycles. The fraction of sp³-hybridized carbons (Fsp3) is 0.300. The molecular weight excluding hydrogens is 378 g/mol. The van der Waals surface area contributed by atoms with Gasteiger partial charge >= 0.3 is 6.09 Å². The van der Waals surface area contributed by atoms with Crippen molar-refractivity contribution in [2.45, 2.75) is 37.8 Å². The molecule has 0 aromatic heterocycles. The second-order valence-corrected chi connectivity index (χ2v) is 6.74. The van der Waals surface area contributed by atoms with Crippen molar-refractivity contribution in [3.63, 3.8) is 0 Å². The van der Waals surface area contributed by atoms with Crippen LogP contribution in [-0.4, -0.2) is 29.1 Å². The van der Waals surface area contributed by atoms with Crippen LogP contribution in [0.1, 0.15) is 36.0 Å². The molecule has 0 heterocycles. The second kappa shape index (κ2) is 9.05. The Morgan fingerprint density at radius 2 is 1.69 bits per heavy atom. The molecule has 0 aliphatic heterocycles. The van der Waals surface area contributed by atoms with E-state index in [0.717, 1.165) is 0 Å². The van der Waals surface area contributed by atoms with Gasteiger partial charge in [0.25, 0.3) is 11.6 Å². The van der Waals surface area contributed by atoms with Gasteiger partial charge < -0.3 is 20.5 Å². The van der Waals surface area contributed by atoms with Gasteiger partial charge in [-0.25, -0.2) is 4.79 Å². The van der Waals surface area contributed by atoms with Crippen LogP contribution >= 0.6 is 0 Å². The Morgan fingerprint density at radius 1 is 1.03 bits per heavy atom. The number of carbonyl (C=O) groups is 2. The average molecular weight is 399 g/mol. The van der Waals surface area contributed by atoms with Crippen molar-refractivity contribution < 1.29 is 24.0 Å². The zero-order valence-corrected chi connectivity index (χ0v) is 15.6. The first-order valence-corrected chi connectivity index (χ1v) is 9.20. The van der Waals surface area contributed by atoms with Crippen molar-refractivity contribution in [1.82, 2.24) is 5.32 Å². The molecule has 3 rings (SSSR count). The molecule has 2 amide bonds. The van der Waals surface area contributed by atoms with E-state index in [9.17, 15) is 19.7 Å². The van der Waals surface area contributed by atoms with Gasteiger partial charge in [0.05, 0.1) is 16.6 Å².